The number of hydrogen-bond acceptors (Lipinski definition) is 2. The minimum Gasteiger partial charge on any atom is -0.352 e. The summed E-state index contributed by atoms with van der Waals surface area (Å²) >= 11 is 0. The molecule has 142 valence electrons. The van der Waals surface area contributed by atoms with Crippen LogP contribution in [0.4, 0.5) is 13.2 Å². The van der Waals surface area contributed by atoms with Crippen LogP contribution in [-0.4, -0.2) is 22.6 Å². The van der Waals surface area contributed by atoms with Gasteiger partial charge < -0.3 is 15.2 Å². The molecule has 1 aromatic heterocycles. The maximum atomic E-state index is 12.6. The molecule has 5 nitrogen and oxygen atoms in total. The monoisotopic (exact) mass is 367 g/mol. The third-order valence-corrected chi connectivity index (χ3v) is 3.74. The number of aromatic nitrogens is 2. The zero-order valence-corrected chi connectivity index (χ0v) is 15.1. The predicted octanol–water partition coefficient (Wildman–Crippen LogP) is 3.42. The van der Waals surface area contributed by atoms with Gasteiger partial charge >= 0.3 is 6.18 Å². The van der Waals surface area contributed by atoms with Crippen molar-refractivity contribution in [2.45, 2.75) is 39.7 Å². The van der Waals surface area contributed by atoms with E-state index >= 15 is 0 Å². The molecule has 0 aliphatic carbocycles. The highest BCUT2D eigenvalue weighted by molar-refractivity contribution is 5.79. The van der Waals surface area contributed by atoms with Crippen LogP contribution < -0.4 is 10.6 Å². The van der Waals surface area contributed by atoms with E-state index in [0.29, 0.717) is 25.0 Å². The van der Waals surface area contributed by atoms with Crippen molar-refractivity contribution in [3.8, 4) is 0 Å². The summed E-state index contributed by atoms with van der Waals surface area (Å²) in [5.41, 5.74) is 0.0861. The quantitative estimate of drug-likeness (QED) is 0.608. The number of halogens is 3. The summed E-state index contributed by atoms with van der Waals surface area (Å²) < 4.78 is 39.8. The topological polar surface area (TPSA) is 54.2 Å². The number of hydrogen-bond donors (Lipinski definition) is 2. The second-order valence-corrected chi connectivity index (χ2v) is 6.36. The second kappa shape index (κ2) is 8.73. The van der Waals surface area contributed by atoms with Gasteiger partial charge in [-0.2, -0.15) is 13.2 Å². The average Bonchev–Trinajstić information content (AvgIpc) is 3.01. The van der Waals surface area contributed by atoms with Crippen molar-refractivity contribution in [2.75, 3.05) is 7.05 Å². The lowest BCUT2D eigenvalue weighted by Crippen LogP contribution is -2.37. The number of nitrogens with one attached hydrogen (secondary N) is 2. The first-order valence-electron chi connectivity index (χ1n) is 8.40. The minimum absolute atomic E-state index is 0.373. The Hall–Kier alpha value is -2.51. The molecule has 0 saturated carbocycles. The van der Waals surface area contributed by atoms with Crippen LogP contribution in [0.25, 0.3) is 0 Å². The normalized spacial score (nSPS) is 12.5. The Morgan fingerprint density at radius 1 is 1.15 bits per heavy atom. The molecule has 0 atom stereocenters. The van der Waals surface area contributed by atoms with E-state index in [1.807, 2.05) is 6.20 Å². The van der Waals surface area contributed by atoms with Gasteiger partial charge in [0, 0.05) is 32.5 Å². The van der Waals surface area contributed by atoms with Gasteiger partial charge in [-0.15, -0.1) is 0 Å². The number of imidazole rings is 1. The number of alkyl halides is 3. The number of benzene rings is 1. The molecule has 1 aromatic carbocycles. The van der Waals surface area contributed by atoms with Crippen molar-refractivity contribution < 1.29 is 13.2 Å². The van der Waals surface area contributed by atoms with Gasteiger partial charge in [0.25, 0.3) is 0 Å². The summed E-state index contributed by atoms with van der Waals surface area (Å²) in [6, 6.07) is 5.07. The SMILES string of the molecule is CN=C(NCc1ccc(C(F)(F)F)cc1)NCc1nccn1CC(C)C. The van der Waals surface area contributed by atoms with E-state index in [-0.39, 0.29) is 0 Å². The molecule has 0 bridgehead atoms. The lowest BCUT2D eigenvalue weighted by molar-refractivity contribution is -0.137. The Balaban J connectivity index is 1.87. The number of rotatable bonds is 6. The molecule has 2 rings (SSSR count). The number of nitrogens with zero attached hydrogens (tertiary/aromatic N) is 3. The Morgan fingerprint density at radius 2 is 1.81 bits per heavy atom. The van der Waals surface area contributed by atoms with E-state index in [4.69, 9.17) is 0 Å². The smallest absolute Gasteiger partial charge is 0.352 e. The van der Waals surface area contributed by atoms with Crippen molar-refractivity contribution in [2.24, 2.45) is 10.9 Å². The van der Waals surface area contributed by atoms with E-state index in [1.54, 1.807) is 13.2 Å². The second-order valence-electron chi connectivity index (χ2n) is 6.36. The molecule has 0 radical (unpaired) electrons. The first-order chi connectivity index (χ1) is 12.3. The summed E-state index contributed by atoms with van der Waals surface area (Å²) in [5, 5.41) is 6.25. The van der Waals surface area contributed by atoms with Gasteiger partial charge in [0.2, 0.25) is 0 Å². The zero-order chi connectivity index (χ0) is 19.2. The first kappa shape index (κ1) is 19.8. The van der Waals surface area contributed by atoms with Crippen molar-refractivity contribution >= 4 is 5.96 Å². The van der Waals surface area contributed by atoms with Crippen LogP contribution in [0.3, 0.4) is 0 Å². The fourth-order valence-corrected chi connectivity index (χ4v) is 2.45. The Kier molecular flexibility index (Phi) is 6.65. The van der Waals surface area contributed by atoms with E-state index in [9.17, 15) is 13.2 Å². The van der Waals surface area contributed by atoms with E-state index in [0.717, 1.165) is 30.1 Å². The Morgan fingerprint density at radius 3 is 2.38 bits per heavy atom. The van der Waals surface area contributed by atoms with Gasteiger partial charge in [0.1, 0.15) is 5.82 Å². The van der Waals surface area contributed by atoms with Crippen molar-refractivity contribution in [3.63, 3.8) is 0 Å². The predicted molar refractivity (Wildman–Crippen MR) is 95.5 cm³/mol. The summed E-state index contributed by atoms with van der Waals surface area (Å²) in [7, 11) is 1.64. The van der Waals surface area contributed by atoms with Crippen LogP contribution in [0.15, 0.2) is 41.7 Å². The van der Waals surface area contributed by atoms with Crippen molar-refractivity contribution in [1.29, 1.82) is 0 Å². The third-order valence-electron chi connectivity index (χ3n) is 3.74. The van der Waals surface area contributed by atoms with Gasteiger partial charge in [-0.1, -0.05) is 26.0 Å². The van der Waals surface area contributed by atoms with Gasteiger partial charge in [0.05, 0.1) is 12.1 Å². The highest BCUT2D eigenvalue weighted by Crippen LogP contribution is 2.29. The van der Waals surface area contributed by atoms with Crippen LogP contribution in [0.2, 0.25) is 0 Å². The highest BCUT2D eigenvalue weighted by atomic mass is 19.4. The Bertz CT molecular complexity index is 717. The van der Waals surface area contributed by atoms with Crippen LogP contribution >= 0.6 is 0 Å². The van der Waals surface area contributed by atoms with Crippen molar-refractivity contribution in [3.05, 3.63) is 53.6 Å². The largest absolute Gasteiger partial charge is 0.416 e. The van der Waals surface area contributed by atoms with Gasteiger partial charge in [0.15, 0.2) is 5.96 Å². The molecular weight excluding hydrogens is 343 g/mol. The van der Waals surface area contributed by atoms with E-state index in [2.05, 4.69) is 39.0 Å². The molecule has 0 saturated heterocycles. The van der Waals surface area contributed by atoms with Crippen LogP contribution in [0.1, 0.15) is 30.8 Å². The fraction of sp³-hybridized carbons (Fsp3) is 0.444. The van der Waals surface area contributed by atoms with Crippen molar-refractivity contribution in [1.82, 2.24) is 20.2 Å². The molecular formula is C18H24F3N5. The third kappa shape index (κ3) is 5.79. The molecule has 0 amide bonds. The maximum Gasteiger partial charge on any atom is 0.416 e. The first-order valence-corrected chi connectivity index (χ1v) is 8.40. The average molecular weight is 367 g/mol. The molecule has 26 heavy (non-hydrogen) atoms. The molecule has 0 fully saturated rings. The molecule has 2 N–H and O–H groups in total. The molecule has 0 aliphatic rings. The Labute approximate surface area is 151 Å². The summed E-state index contributed by atoms with van der Waals surface area (Å²) in [6.07, 6.45) is -0.616. The minimum atomic E-state index is -4.32. The fourth-order valence-electron chi connectivity index (χ4n) is 2.45. The molecule has 8 heteroatoms. The molecule has 1 heterocycles. The zero-order valence-electron chi connectivity index (χ0n) is 15.1. The van der Waals surface area contributed by atoms with Crippen LogP contribution in [0, 0.1) is 5.92 Å². The maximum absolute atomic E-state index is 12.6. The highest BCUT2D eigenvalue weighted by Gasteiger charge is 2.29. The molecule has 2 aromatic rings. The molecule has 0 spiro atoms. The van der Waals surface area contributed by atoms with Crippen LogP contribution in [-0.2, 0) is 25.8 Å². The molecule has 0 aliphatic heterocycles. The number of aliphatic imine (C=N–C) groups is 1. The molecule has 0 unspecified atom stereocenters. The van der Waals surface area contributed by atoms with Gasteiger partial charge in [-0.3, -0.25) is 4.99 Å². The van der Waals surface area contributed by atoms with E-state index in [1.165, 1.54) is 12.1 Å². The van der Waals surface area contributed by atoms with Gasteiger partial charge in [-0.25, -0.2) is 4.98 Å². The summed E-state index contributed by atoms with van der Waals surface area (Å²) in [6.45, 7) is 6.04. The van der Waals surface area contributed by atoms with Crippen LogP contribution in [0.5, 0.6) is 0 Å². The standard InChI is InChI=1S/C18H24F3N5/c1-13(2)12-26-9-8-23-16(26)11-25-17(22-3)24-10-14-4-6-15(7-5-14)18(19,20)21/h4-9,13H,10-12H2,1-3H3,(H2,22,24,25). The summed E-state index contributed by atoms with van der Waals surface area (Å²) in [4.78, 5) is 8.46. The lowest BCUT2D eigenvalue weighted by Gasteiger charge is -2.14. The summed E-state index contributed by atoms with van der Waals surface area (Å²) in [5.74, 6) is 1.97. The van der Waals surface area contributed by atoms with E-state index < -0.39 is 11.7 Å². The lowest BCUT2D eigenvalue weighted by atomic mass is 10.1. The number of guanidine groups is 1. The van der Waals surface area contributed by atoms with Gasteiger partial charge in [-0.05, 0) is 23.6 Å².